The van der Waals surface area contributed by atoms with E-state index >= 15 is 0 Å². The van der Waals surface area contributed by atoms with Gasteiger partial charge in [-0.05, 0) is 17.7 Å². The number of aromatic nitrogens is 1. The molecule has 25 heavy (non-hydrogen) atoms. The number of hydrogen-bond donors (Lipinski definition) is 0. The fourth-order valence-corrected chi connectivity index (χ4v) is 3.79. The third kappa shape index (κ3) is 1.89. The minimum absolute atomic E-state index is 0.123. The molecule has 1 aromatic heterocycles. The van der Waals surface area contributed by atoms with Crippen LogP contribution in [0.4, 0.5) is 0 Å². The van der Waals surface area contributed by atoms with Crippen LogP contribution < -0.4 is 0 Å². The Labute approximate surface area is 143 Å². The van der Waals surface area contributed by atoms with Crippen molar-refractivity contribution in [2.75, 3.05) is 0 Å². The van der Waals surface area contributed by atoms with Gasteiger partial charge >= 0.3 is 0 Å². The molecule has 3 nitrogen and oxygen atoms in total. The van der Waals surface area contributed by atoms with Crippen molar-refractivity contribution in [3.05, 3.63) is 89.5 Å². The number of hydrogen-bond acceptors (Lipinski definition) is 3. The highest BCUT2D eigenvalue weighted by atomic mass is 16.2. The second kappa shape index (κ2) is 5.08. The summed E-state index contributed by atoms with van der Waals surface area (Å²) >= 11 is 0. The molecule has 1 heterocycles. The molecule has 0 amide bonds. The minimum Gasteiger partial charge on any atom is -0.293 e. The number of carbonyl (C=O) groups is 2. The van der Waals surface area contributed by atoms with E-state index in [4.69, 9.17) is 0 Å². The number of pyridine rings is 1. The van der Waals surface area contributed by atoms with Crippen molar-refractivity contribution < 1.29 is 9.59 Å². The first-order valence-electron chi connectivity index (χ1n) is 8.20. The van der Waals surface area contributed by atoms with Gasteiger partial charge in [-0.1, -0.05) is 60.7 Å². The lowest BCUT2D eigenvalue weighted by Crippen LogP contribution is -2.14. The third-order valence-corrected chi connectivity index (χ3v) is 4.90. The standard InChI is InChI=1S/C22H13NO2/c24-21-13-7-1-2-8-14(13)22(25)20(21)19-15-9-3-5-11-17(15)23-18-12-6-4-10-16(18)19/h1-12,20H. The molecule has 4 aromatic rings. The molecule has 5 rings (SSSR count). The highest BCUT2D eigenvalue weighted by Gasteiger charge is 2.40. The Bertz CT molecular complexity index is 1100. The van der Waals surface area contributed by atoms with Crippen LogP contribution in [0.25, 0.3) is 21.8 Å². The lowest BCUT2D eigenvalue weighted by Gasteiger charge is -2.14. The first-order valence-corrected chi connectivity index (χ1v) is 8.20. The lowest BCUT2D eigenvalue weighted by atomic mass is 9.88. The molecule has 0 saturated heterocycles. The molecule has 1 aliphatic carbocycles. The molecule has 3 aromatic carbocycles. The molecule has 0 spiro atoms. The summed E-state index contributed by atoms with van der Waals surface area (Å²) in [6.45, 7) is 0. The molecular weight excluding hydrogens is 310 g/mol. The Morgan fingerprint density at radius 3 is 1.56 bits per heavy atom. The van der Waals surface area contributed by atoms with Gasteiger partial charge in [-0.3, -0.25) is 9.59 Å². The lowest BCUT2D eigenvalue weighted by molar-refractivity contribution is 0.0891. The number of ketones is 2. The van der Waals surface area contributed by atoms with Gasteiger partial charge in [0.15, 0.2) is 11.6 Å². The smallest absolute Gasteiger partial charge is 0.178 e. The molecule has 0 radical (unpaired) electrons. The minimum atomic E-state index is -0.796. The summed E-state index contributed by atoms with van der Waals surface area (Å²) < 4.78 is 0. The monoisotopic (exact) mass is 323 g/mol. The first-order chi connectivity index (χ1) is 12.3. The third-order valence-electron chi connectivity index (χ3n) is 4.90. The normalized spacial score (nSPS) is 14.4. The maximum Gasteiger partial charge on any atom is 0.178 e. The van der Waals surface area contributed by atoms with Crippen LogP contribution in [0, 0.1) is 0 Å². The molecule has 0 bridgehead atoms. The van der Waals surface area contributed by atoms with Gasteiger partial charge in [-0.25, -0.2) is 4.98 Å². The van der Waals surface area contributed by atoms with Crippen LogP contribution in [0.3, 0.4) is 0 Å². The molecule has 0 atom stereocenters. The summed E-state index contributed by atoms with van der Waals surface area (Å²) in [4.78, 5) is 30.8. The van der Waals surface area contributed by atoms with E-state index in [1.54, 1.807) is 24.3 Å². The number of Topliss-reactive ketones (excluding diaryl/α,β-unsaturated/α-hetero) is 2. The summed E-state index contributed by atoms with van der Waals surface area (Å²) in [6.07, 6.45) is 0. The first kappa shape index (κ1) is 14.1. The molecule has 0 N–H and O–H groups in total. The van der Waals surface area contributed by atoms with Gasteiger partial charge in [-0.2, -0.15) is 0 Å². The van der Waals surface area contributed by atoms with Gasteiger partial charge < -0.3 is 0 Å². The zero-order valence-corrected chi connectivity index (χ0v) is 13.3. The molecule has 0 unspecified atom stereocenters. The summed E-state index contributed by atoms with van der Waals surface area (Å²) in [5.41, 5.74) is 3.40. The van der Waals surface area contributed by atoms with Crippen LogP contribution in [0.1, 0.15) is 32.2 Å². The second-order valence-corrected chi connectivity index (χ2v) is 6.27. The van der Waals surface area contributed by atoms with Crippen molar-refractivity contribution in [3.63, 3.8) is 0 Å². The van der Waals surface area contributed by atoms with E-state index in [1.807, 2.05) is 48.5 Å². The summed E-state index contributed by atoms with van der Waals surface area (Å²) in [5.74, 6) is -1.04. The van der Waals surface area contributed by atoms with E-state index in [1.165, 1.54) is 0 Å². The van der Waals surface area contributed by atoms with Crippen molar-refractivity contribution in [1.29, 1.82) is 0 Å². The number of fused-ring (bicyclic) bond motifs is 3. The van der Waals surface area contributed by atoms with Crippen LogP contribution in [0.15, 0.2) is 72.8 Å². The number of para-hydroxylation sites is 2. The Morgan fingerprint density at radius 1 is 0.600 bits per heavy atom. The van der Waals surface area contributed by atoms with Crippen molar-refractivity contribution >= 4 is 33.4 Å². The molecular formula is C22H13NO2. The average Bonchev–Trinajstić information content (AvgIpc) is 2.91. The van der Waals surface area contributed by atoms with Crippen molar-refractivity contribution in [3.8, 4) is 0 Å². The quantitative estimate of drug-likeness (QED) is 0.381. The van der Waals surface area contributed by atoms with Gasteiger partial charge in [0, 0.05) is 21.9 Å². The van der Waals surface area contributed by atoms with Crippen molar-refractivity contribution in [1.82, 2.24) is 4.98 Å². The predicted octanol–water partition coefficient (Wildman–Crippen LogP) is 4.55. The summed E-state index contributed by atoms with van der Waals surface area (Å²) in [7, 11) is 0. The van der Waals surface area contributed by atoms with Crippen LogP contribution in [0.5, 0.6) is 0 Å². The number of nitrogens with zero attached hydrogens (tertiary/aromatic N) is 1. The fraction of sp³-hybridized carbons (Fsp3) is 0.0455. The molecule has 1 aliphatic rings. The average molecular weight is 323 g/mol. The largest absolute Gasteiger partial charge is 0.293 e. The van der Waals surface area contributed by atoms with Crippen LogP contribution in [-0.4, -0.2) is 16.6 Å². The summed E-state index contributed by atoms with van der Waals surface area (Å²) in [6, 6.07) is 22.5. The van der Waals surface area contributed by atoms with Crippen LogP contribution in [0.2, 0.25) is 0 Å². The van der Waals surface area contributed by atoms with Gasteiger partial charge in [-0.15, -0.1) is 0 Å². The second-order valence-electron chi connectivity index (χ2n) is 6.27. The van der Waals surface area contributed by atoms with Crippen LogP contribution >= 0.6 is 0 Å². The molecule has 0 aliphatic heterocycles. The van der Waals surface area contributed by atoms with Gasteiger partial charge in [0.05, 0.1) is 11.0 Å². The van der Waals surface area contributed by atoms with E-state index in [-0.39, 0.29) is 11.6 Å². The highest BCUT2D eigenvalue weighted by Crippen LogP contribution is 2.40. The van der Waals surface area contributed by atoms with E-state index in [0.29, 0.717) is 11.1 Å². The maximum absolute atomic E-state index is 13.1. The maximum atomic E-state index is 13.1. The zero-order valence-electron chi connectivity index (χ0n) is 13.3. The van der Waals surface area contributed by atoms with E-state index in [9.17, 15) is 9.59 Å². The van der Waals surface area contributed by atoms with E-state index in [0.717, 1.165) is 27.4 Å². The fourth-order valence-electron chi connectivity index (χ4n) is 3.79. The molecule has 118 valence electrons. The molecule has 3 heteroatoms. The summed E-state index contributed by atoms with van der Waals surface area (Å²) in [5, 5.41) is 1.72. The van der Waals surface area contributed by atoms with Crippen molar-refractivity contribution in [2.24, 2.45) is 0 Å². The number of carbonyl (C=O) groups excluding carboxylic acids is 2. The number of rotatable bonds is 1. The topological polar surface area (TPSA) is 47.0 Å². The molecule has 0 saturated carbocycles. The van der Waals surface area contributed by atoms with E-state index < -0.39 is 5.92 Å². The SMILES string of the molecule is O=C1c2ccccc2C(=O)C1c1c2ccccc2nc2ccccc12. The van der Waals surface area contributed by atoms with Crippen LogP contribution in [-0.2, 0) is 0 Å². The Balaban J connectivity index is 1.89. The Kier molecular flexibility index (Phi) is 2.86. The van der Waals surface area contributed by atoms with Crippen molar-refractivity contribution in [2.45, 2.75) is 5.92 Å². The predicted molar refractivity (Wildman–Crippen MR) is 97.1 cm³/mol. The Morgan fingerprint density at radius 2 is 1.04 bits per heavy atom. The molecule has 0 fully saturated rings. The zero-order chi connectivity index (χ0) is 17.0. The van der Waals surface area contributed by atoms with Gasteiger partial charge in [0.2, 0.25) is 0 Å². The van der Waals surface area contributed by atoms with Gasteiger partial charge in [0.25, 0.3) is 0 Å². The highest BCUT2D eigenvalue weighted by molar-refractivity contribution is 6.31. The number of benzene rings is 3. The van der Waals surface area contributed by atoms with Gasteiger partial charge in [0.1, 0.15) is 5.92 Å². The van der Waals surface area contributed by atoms with E-state index in [2.05, 4.69) is 4.98 Å². The Hall–Kier alpha value is -3.33.